The van der Waals surface area contributed by atoms with Crippen LogP contribution in [0.3, 0.4) is 0 Å². The largest absolute Gasteiger partial charge is 0.416 e. The number of benzene rings is 3. The van der Waals surface area contributed by atoms with Crippen molar-refractivity contribution < 1.29 is 62.2 Å². The molecule has 2 atom stereocenters. The number of ether oxygens (including phenoxy) is 2. The summed E-state index contributed by atoms with van der Waals surface area (Å²) in [6.07, 6.45) is -22.2. The number of methoxy groups -OCH3 is 1. The average Bonchev–Trinajstić information content (AvgIpc) is 3.60. The minimum absolute atomic E-state index is 0.0216. The van der Waals surface area contributed by atoms with Crippen molar-refractivity contribution in [2.24, 2.45) is 0 Å². The molecule has 1 saturated heterocycles. The summed E-state index contributed by atoms with van der Waals surface area (Å²) in [5, 5.41) is 0. The summed E-state index contributed by atoms with van der Waals surface area (Å²) in [6.45, 7) is 0.0216. The Bertz CT molecular complexity index is 1240. The zero-order chi connectivity index (χ0) is 29.8. The topological polar surface area (TPSA) is 21.8 Å². The van der Waals surface area contributed by atoms with Gasteiger partial charge in [0.05, 0.1) is 28.9 Å². The van der Waals surface area contributed by atoms with E-state index in [4.69, 9.17) is 9.47 Å². The second-order valence-corrected chi connectivity index (χ2v) is 8.98. The molecule has 14 heteroatoms. The highest BCUT2D eigenvalue weighted by atomic mass is 19.4. The number of halogens is 12. The zero-order valence-electron chi connectivity index (χ0n) is 19.9. The van der Waals surface area contributed by atoms with Gasteiger partial charge in [-0.1, -0.05) is 0 Å². The molecule has 0 aromatic heterocycles. The van der Waals surface area contributed by atoms with E-state index in [0.29, 0.717) is 24.3 Å². The van der Waals surface area contributed by atoms with Gasteiger partial charge < -0.3 is 9.47 Å². The van der Waals surface area contributed by atoms with Gasteiger partial charge in [-0.25, -0.2) is 0 Å². The molecule has 0 N–H and O–H groups in total. The SMILES string of the molecule is COC[C@@H]1O[C@H]1c1cc(-c2cc(C(F)(F)F)cc(C(F)(F)F)c2)cc(-c2cc(C(F)(F)F)cc(C(F)(F)F)c2)c1. The number of epoxide rings is 1. The monoisotopic (exact) mass is 588 g/mol. The first-order valence-electron chi connectivity index (χ1n) is 11.2. The van der Waals surface area contributed by atoms with Gasteiger partial charge in [-0.2, -0.15) is 52.7 Å². The highest BCUT2D eigenvalue weighted by Gasteiger charge is 2.42. The van der Waals surface area contributed by atoms with Crippen molar-refractivity contribution in [3.63, 3.8) is 0 Å². The van der Waals surface area contributed by atoms with Crippen LogP contribution in [0.5, 0.6) is 0 Å². The molecule has 40 heavy (non-hydrogen) atoms. The molecule has 1 aliphatic heterocycles. The molecular formula is C26H16F12O2. The molecule has 0 unspecified atom stereocenters. The van der Waals surface area contributed by atoms with Crippen LogP contribution in [-0.4, -0.2) is 19.8 Å². The predicted octanol–water partition coefficient (Wildman–Crippen LogP) is 9.18. The fourth-order valence-electron chi connectivity index (χ4n) is 4.12. The molecule has 216 valence electrons. The second kappa shape index (κ2) is 9.98. The summed E-state index contributed by atoms with van der Waals surface area (Å²) in [5.41, 5.74) is -8.36. The highest BCUT2D eigenvalue weighted by Crippen LogP contribution is 2.45. The maximum atomic E-state index is 13.4. The van der Waals surface area contributed by atoms with Gasteiger partial charge in [0, 0.05) is 7.11 Å². The molecule has 1 aliphatic rings. The quantitative estimate of drug-likeness (QED) is 0.219. The molecular weight excluding hydrogens is 572 g/mol. The van der Waals surface area contributed by atoms with Gasteiger partial charge in [0.25, 0.3) is 0 Å². The van der Waals surface area contributed by atoms with Crippen LogP contribution in [0.1, 0.15) is 33.9 Å². The van der Waals surface area contributed by atoms with Crippen LogP contribution < -0.4 is 0 Å². The van der Waals surface area contributed by atoms with Crippen molar-refractivity contribution >= 4 is 0 Å². The lowest BCUT2D eigenvalue weighted by atomic mass is 9.91. The first kappa shape index (κ1) is 29.7. The molecule has 0 bridgehead atoms. The molecule has 0 spiro atoms. The van der Waals surface area contributed by atoms with Crippen LogP contribution in [0.15, 0.2) is 54.6 Å². The summed E-state index contributed by atoms with van der Waals surface area (Å²) in [7, 11) is 1.32. The van der Waals surface area contributed by atoms with E-state index >= 15 is 0 Å². The third-order valence-electron chi connectivity index (χ3n) is 6.04. The molecule has 0 aliphatic carbocycles. The summed E-state index contributed by atoms with van der Waals surface area (Å²) < 4.78 is 172. The summed E-state index contributed by atoms with van der Waals surface area (Å²) in [6, 6.07) is 4.68. The third-order valence-corrected chi connectivity index (χ3v) is 6.04. The van der Waals surface area contributed by atoms with Crippen LogP contribution >= 0.6 is 0 Å². The van der Waals surface area contributed by atoms with Crippen molar-refractivity contribution in [2.75, 3.05) is 13.7 Å². The molecule has 2 nitrogen and oxygen atoms in total. The van der Waals surface area contributed by atoms with E-state index < -0.39 is 70.3 Å². The average molecular weight is 588 g/mol. The first-order valence-corrected chi connectivity index (χ1v) is 11.2. The van der Waals surface area contributed by atoms with Crippen molar-refractivity contribution in [1.29, 1.82) is 0 Å². The Balaban J connectivity index is 1.97. The van der Waals surface area contributed by atoms with Crippen LogP contribution in [0, 0.1) is 0 Å². The molecule has 3 aromatic rings. The first-order chi connectivity index (χ1) is 18.3. The predicted molar refractivity (Wildman–Crippen MR) is 117 cm³/mol. The fraction of sp³-hybridized carbons (Fsp3) is 0.308. The van der Waals surface area contributed by atoms with E-state index in [-0.39, 0.29) is 35.4 Å². The minimum atomic E-state index is -5.19. The molecule has 1 fully saturated rings. The lowest BCUT2D eigenvalue weighted by molar-refractivity contribution is -0.144. The standard InChI is InChI=1S/C26H16F12O2/c1-39-11-21-22(40-21)16-3-12(14-5-17(23(27,28)29)9-18(6-14)24(30,31)32)2-13(4-16)15-7-19(25(33,34)35)10-20(8-15)26(36,37)38/h2-10,21-22H,11H2,1H3/t21-,22-/m0/s1. The summed E-state index contributed by atoms with van der Waals surface area (Å²) in [4.78, 5) is 0. The maximum absolute atomic E-state index is 13.4. The van der Waals surface area contributed by atoms with Gasteiger partial charge in [-0.3, -0.25) is 0 Å². The number of alkyl halides is 12. The van der Waals surface area contributed by atoms with E-state index in [1.807, 2.05) is 0 Å². The molecule has 3 aromatic carbocycles. The van der Waals surface area contributed by atoms with Gasteiger partial charge in [0.1, 0.15) is 12.2 Å². The Kier molecular flexibility index (Phi) is 7.41. The number of rotatable bonds is 5. The lowest BCUT2D eigenvalue weighted by Crippen LogP contribution is -2.11. The van der Waals surface area contributed by atoms with E-state index in [1.165, 1.54) is 7.11 Å². The van der Waals surface area contributed by atoms with Gasteiger partial charge in [-0.05, 0) is 82.4 Å². The third kappa shape index (κ3) is 6.54. The van der Waals surface area contributed by atoms with Gasteiger partial charge in [0.15, 0.2) is 0 Å². The Morgan fingerprint density at radius 3 is 1.15 bits per heavy atom. The van der Waals surface area contributed by atoms with Crippen molar-refractivity contribution in [2.45, 2.75) is 36.9 Å². The van der Waals surface area contributed by atoms with Crippen LogP contribution in [0.4, 0.5) is 52.7 Å². The smallest absolute Gasteiger partial charge is 0.382 e. The fourth-order valence-corrected chi connectivity index (χ4v) is 4.12. The Morgan fingerprint density at radius 2 is 0.850 bits per heavy atom. The minimum Gasteiger partial charge on any atom is -0.382 e. The Hall–Kier alpha value is -3.26. The lowest BCUT2D eigenvalue weighted by Gasteiger charge is -2.17. The van der Waals surface area contributed by atoms with Crippen molar-refractivity contribution in [1.82, 2.24) is 0 Å². The number of hydrogen-bond donors (Lipinski definition) is 0. The molecule has 4 rings (SSSR count). The number of hydrogen-bond acceptors (Lipinski definition) is 2. The second-order valence-electron chi connectivity index (χ2n) is 8.98. The van der Waals surface area contributed by atoms with Crippen LogP contribution in [-0.2, 0) is 34.2 Å². The molecule has 0 amide bonds. The van der Waals surface area contributed by atoms with Gasteiger partial charge >= 0.3 is 24.7 Å². The Morgan fingerprint density at radius 1 is 0.525 bits per heavy atom. The maximum Gasteiger partial charge on any atom is 0.416 e. The normalized spacial score (nSPS) is 18.2. The van der Waals surface area contributed by atoms with Crippen molar-refractivity contribution in [3.05, 3.63) is 82.4 Å². The van der Waals surface area contributed by atoms with Crippen molar-refractivity contribution in [3.8, 4) is 22.3 Å². The highest BCUT2D eigenvalue weighted by molar-refractivity contribution is 5.76. The van der Waals surface area contributed by atoms with E-state index in [0.717, 1.165) is 18.2 Å². The van der Waals surface area contributed by atoms with Crippen LogP contribution in [0.2, 0.25) is 0 Å². The van der Waals surface area contributed by atoms with E-state index in [9.17, 15) is 52.7 Å². The zero-order valence-corrected chi connectivity index (χ0v) is 19.9. The van der Waals surface area contributed by atoms with E-state index in [1.54, 1.807) is 0 Å². The molecule has 1 heterocycles. The Labute approximate surface area is 218 Å². The van der Waals surface area contributed by atoms with E-state index in [2.05, 4.69) is 0 Å². The molecule has 0 saturated carbocycles. The summed E-state index contributed by atoms with van der Waals surface area (Å²) in [5.74, 6) is 0. The molecule has 0 radical (unpaired) electrons. The van der Waals surface area contributed by atoms with Gasteiger partial charge in [0.2, 0.25) is 0 Å². The van der Waals surface area contributed by atoms with Crippen LogP contribution in [0.25, 0.3) is 22.3 Å². The summed E-state index contributed by atoms with van der Waals surface area (Å²) >= 11 is 0. The van der Waals surface area contributed by atoms with Gasteiger partial charge in [-0.15, -0.1) is 0 Å².